The summed E-state index contributed by atoms with van der Waals surface area (Å²) in [6, 6.07) is 16.2. The van der Waals surface area contributed by atoms with Gasteiger partial charge in [-0.2, -0.15) is 0 Å². The molecule has 4 nitrogen and oxygen atoms in total. The van der Waals surface area contributed by atoms with Gasteiger partial charge in [0, 0.05) is 5.92 Å². The number of ether oxygens (including phenoxy) is 2. The summed E-state index contributed by atoms with van der Waals surface area (Å²) in [5, 5.41) is 9.42. The third-order valence-corrected chi connectivity index (χ3v) is 3.23. The molecule has 110 valence electrons. The number of aliphatic hydroxyl groups is 1. The molecule has 0 bridgehead atoms. The van der Waals surface area contributed by atoms with Gasteiger partial charge in [0.15, 0.2) is 0 Å². The molecule has 0 aliphatic heterocycles. The normalized spacial score (nSPS) is 11.7. The second kappa shape index (κ2) is 7.45. The van der Waals surface area contributed by atoms with Crippen molar-refractivity contribution in [2.24, 2.45) is 0 Å². The predicted octanol–water partition coefficient (Wildman–Crippen LogP) is 2.63. The quantitative estimate of drug-likeness (QED) is 0.829. The number of aliphatic hydroxyl groups excluding tert-OH is 1. The molecule has 0 saturated heterocycles. The monoisotopic (exact) mass is 286 g/mol. The van der Waals surface area contributed by atoms with Gasteiger partial charge in [0.25, 0.3) is 0 Å². The average Bonchev–Trinajstić information content (AvgIpc) is 2.56. The first kappa shape index (κ1) is 15.1. The predicted molar refractivity (Wildman–Crippen MR) is 79.5 cm³/mol. The molecule has 1 unspecified atom stereocenters. The van der Waals surface area contributed by atoms with Crippen molar-refractivity contribution in [2.45, 2.75) is 5.92 Å². The highest BCUT2D eigenvalue weighted by Crippen LogP contribution is 2.17. The molecule has 1 atom stereocenters. The maximum Gasteiger partial charge on any atom is 0.338 e. The van der Waals surface area contributed by atoms with Crippen LogP contribution in [0.3, 0.4) is 0 Å². The summed E-state index contributed by atoms with van der Waals surface area (Å²) in [5.74, 6) is 0.0597. The minimum atomic E-state index is -0.410. The zero-order valence-electron chi connectivity index (χ0n) is 11.9. The van der Waals surface area contributed by atoms with Crippen LogP contribution in [0, 0.1) is 0 Å². The molecule has 0 spiro atoms. The van der Waals surface area contributed by atoms with Crippen molar-refractivity contribution in [1.29, 1.82) is 0 Å². The molecule has 2 aromatic rings. The van der Waals surface area contributed by atoms with Gasteiger partial charge in [-0.1, -0.05) is 30.3 Å². The molecule has 2 rings (SSSR count). The van der Waals surface area contributed by atoms with E-state index in [4.69, 9.17) is 9.47 Å². The van der Waals surface area contributed by atoms with Crippen molar-refractivity contribution >= 4 is 5.97 Å². The number of esters is 1. The summed E-state index contributed by atoms with van der Waals surface area (Å²) in [7, 11) is 1.57. The standard InChI is InChI=1S/C17H18O4/c1-20-16-9-7-14(8-10-16)17(19)21-12-15(11-18)13-5-3-2-4-6-13/h2-10,15,18H,11-12H2,1H3. The molecule has 0 aliphatic carbocycles. The number of hydrogen-bond donors (Lipinski definition) is 1. The highest BCUT2D eigenvalue weighted by Gasteiger charge is 2.14. The molecular formula is C17H18O4. The van der Waals surface area contributed by atoms with Gasteiger partial charge in [-0.05, 0) is 29.8 Å². The number of benzene rings is 2. The Morgan fingerprint density at radius 3 is 2.33 bits per heavy atom. The Morgan fingerprint density at radius 1 is 1.10 bits per heavy atom. The van der Waals surface area contributed by atoms with Crippen LogP contribution in [0.2, 0.25) is 0 Å². The Bertz CT molecular complexity index is 563. The Balaban J connectivity index is 1.96. The van der Waals surface area contributed by atoms with Crippen LogP contribution in [0.1, 0.15) is 21.8 Å². The lowest BCUT2D eigenvalue weighted by atomic mass is 10.0. The zero-order valence-corrected chi connectivity index (χ0v) is 11.9. The molecule has 4 heteroatoms. The van der Waals surface area contributed by atoms with Gasteiger partial charge < -0.3 is 14.6 Å². The second-order valence-electron chi connectivity index (χ2n) is 4.62. The number of methoxy groups -OCH3 is 1. The van der Waals surface area contributed by atoms with Crippen molar-refractivity contribution in [3.8, 4) is 5.75 Å². The van der Waals surface area contributed by atoms with Gasteiger partial charge in [-0.3, -0.25) is 0 Å². The zero-order chi connectivity index (χ0) is 15.1. The van der Waals surface area contributed by atoms with E-state index in [2.05, 4.69) is 0 Å². The number of hydrogen-bond acceptors (Lipinski definition) is 4. The van der Waals surface area contributed by atoms with Gasteiger partial charge in [0.05, 0.1) is 19.3 Å². The first-order valence-electron chi connectivity index (χ1n) is 6.71. The molecule has 0 amide bonds. The highest BCUT2D eigenvalue weighted by atomic mass is 16.5. The van der Waals surface area contributed by atoms with Gasteiger partial charge in [0.2, 0.25) is 0 Å². The Morgan fingerprint density at radius 2 is 1.76 bits per heavy atom. The minimum absolute atomic E-state index is 0.0695. The third-order valence-electron chi connectivity index (χ3n) is 3.23. The summed E-state index contributed by atoms with van der Waals surface area (Å²) in [5.41, 5.74) is 1.41. The summed E-state index contributed by atoms with van der Waals surface area (Å²) in [6.45, 7) is 0.0747. The Kier molecular flexibility index (Phi) is 5.35. The fourth-order valence-corrected chi connectivity index (χ4v) is 1.97. The molecule has 0 heterocycles. The van der Waals surface area contributed by atoms with Gasteiger partial charge in [0.1, 0.15) is 12.4 Å². The SMILES string of the molecule is COc1ccc(C(=O)OCC(CO)c2ccccc2)cc1. The lowest BCUT2D eigenvalue weighted by molar-refractivity contribution is 0.0450. The van der Waals surface area contributed by atoms with E-state index in [0.29, 0.717) is 11.3 Å². The molecule has 0 fully saturated rings. The number of carbonyl (C=O) groups excluding carboxylic acids is 1. The maximum atomic E-state index is 12.0. The lowest BCUT2D eigenvalue weighted by Gasteiger charge is -2.15. The number of rotatable bonds is 6. The van der Waals surface area contributed by atoms with Crippen LogP contribution in [0.4, 0.5) is 0 Å². The van der Waals surface area contributed by atoms with Crippen molar-refractivity contribution in [1.82, 2.24) is 0 Å². The van der Waals surface area contributed by atoms with E-state index < -0.39 is 5.97 Å². The second-order valence-corrected chi connectivity index (χ2v) is 4.62. The van der Waals surface area contributed by atoms with Crippen molar-refractivity contribution in [3.63, 3.8) is 0 Å². The van der Waals surface area contributed by atoms with Crippen LogP contribution >= 0.6 is 0 Å². The van der Waals surface area contributed by atoms with E-state index in [1.54, 1.807) is 31.4 Å². The topological polar surface area (TPSA) is 55.8 Å². The molecular weight excluding hydrogens is 268 g/mol. The fourth-order valence-electron chi connectivity index (χ4n) is 1.97. The first-order chi connectivity index (χ1) is 10.2. The molecule has 21 heavy (non-hydrogen) atoms. The average molecular weight is 286 g/mol. The minimum Gasteiger partial charge on any atom is -0.497 e. The van der Waals surface area contributed by atoms with Crippen LogP contribution in [-0.2, 0) is 4.74 Å². The molecule has 0 aromatic heterocycles. The van der Waals surface area contributed by atoms with Crippen LogP contribution in [0.15, 0.2) is 54.6 Å². The van der Waals surface area contributed by atoms with E-state index in [9.17, 15) is 9.90 Å². The summed E-state index contributed by atoms with van der Waals surface area (Å²) >= 11 is 0. The van der Waals surface area contributed by atoms with Crippen molar-refractivity contribution < 1.29 is 19.4 Å². The molecule has 0 radical (unpaired) electrons. The van der Waals surface area contributed by atoms with Crippen molar-refractivity contribution in [3.05, 3.63) is 65.7 Å². The first-order valence-corrected chi connectivity index (χ1v) is 6.71. The summed E-state index contributed by atoms with van der Waals surface area (Å²) in [4.78, 5) is 12.0. The molecule has 2 aromatic carbocycles. The van der Waals surface area contributed by atoms with Gasteiger partial charge in [-0.15, -0.1) is 0 Å². The fraction of sp³-hybridized carbons (Fsp3) is 0.235. The Labute approximate surface area is 123 Å². The van der Waals surface area contributed by atoms with Crippen LogP contribution < -0.4 is 4.74 Å². The maximum absolute atomic E-state index is 12.0. The Hall–Kier alpha value is -2.33. The van der Waals surface area contributed by atoms with Crippen LogP contribution in [-0.4, -0.2) is 31.4 Å². The number of carbonyl (C=O) groups is 1. The third kappa shape index (κ3) is 4.07. The highest BCUT2D eigenvalue weighted by molar-refractivity contribution is 5.89. The van der Waals surface area contributed by atoms with Gasteiger partial charge >= 0.3 is 5.97 Å². The van der Waals surface area contributed by atoms with E-state index in [1.165, 1.54) is 0 Å². The van der Waals surface area contributed by atoms with Crippen LogP contribution in [0.5, 0.6) is 5.75 Å². The van der Waals surface area contributed by atoms with Crippen LogP contribution in [0.25, 0.3) is 0 Å². The molecule has 0 aliphatic rings. The molecule has 1 N–H and O–H groups in total. The van der Waals surface area contributed by atoms with E-state index in [-0.39, 0.29) is 19.1 Å². The largest absolute Gasteiger partial charge is 0.497 e. The lowest BCUT2D eigenvalue weighted by Crippen LogP contribution is -2.16. The smallest absolute Gasteiger partial charge is 0.338 e. The summed E-state index contributed by atoms with van der Waals surface area (Å²) < 4.78 is 10.3. The van der Waals surface area contributed by atoms with Gasteiger partial charge in [-0.25, -0.2) is 4.79 Å². The van der Waals surface area contributed by atoms with E-state index in [0.717, 1.165) is 5.56 Å². The van der Waals surface area contributed by atoms with Crippen molar-refractivity contribution in [2.75, 3.05) is 20.3 Å². The molecule has 0 saturated carbocycles. The summed E-state index contributed by atoms with van der Waals surface area (Å²) in [6.07, 6.45) is 0. The van der Waals surface area contributed by atoms with E-state index >= 15 is 0 Å². The van der Waals surface area contributed by atoms with E-state index in [1.807, 2.05) is 30.3 Å².